The van der Waals surface area contributed by atoms with Gasteiger partial charge in [0.1, 0.15) is 0 Å². The molecule has 0 saturated heterocycles. The quantitative estimate of drug-likeness (QED) is 0.322. The van der Waals surface area contributed by atoms with Crippen molar-refractivity contribution in [1.82, 2.24) is 0 Å². The Morgan fingerprint density at radius 3 is 1.64 bits per heavy atom. The molecule has 0 N–H and O–H groups in total. The van der Waals surface area contributed by atoms with Crippen molar-refractivity contribution in [3.63, 3.8) is 0 Å². The van der Waals surface area contributed by atoms with Gasteiger partial charge < -0.3 is 9.47 Å². The molecule has 0 radical (unpaired) electrons. The van der Waals surface area contributed by atoms with Gasteiger partial charge in [0.05, 0.1) is 13.2 Å². The largest absolute Gasteiger partial charge is 0.462 e. The Balaban J connectivity index is 5.09. The van der Waals surface area contributed by atoms with E-state index in [1.165, 1.54) is 0 Å². The van der Waals surface area contributed by atoms with Crippen LogP contribution in [-0.4, -0.2) is 25.2 Å². The summed E-state index contributed by atoms with van der Waals surface area (Å²) in [5.74, 6) is -0.468. The number of ether oxygens (including phenoxy) is 2. The molecular weight excluding hydrogens is 280 g/mol. The number of carbonyl (C=O) groups excluding carboxylic acids is 2. The van der Waals surface area contributed by atoms with Gasteiger partial charge in [0, 0.05) is 11.1 Å². The average Bonchev–Trinajstić information content (AvgIpc) is 2.47. The van der Waals surface area contributed by atoms with Gasteiger partial charge in [-0.15, -0.1) is 0 Å². The number of esters is 2. The summed E-state index contributed by atoms with van der Waals surface area (Å²) >= 11 is 0. The molecule has 0 amide bonds. The van der Waals surface area contributed by atoms with Crippen molar-refractivity contribution in [2.45, 2.75) is 73.1 Å². The lowest BCUT2D eigenvalue weighted by atomic mass is 9.96. The SMILES string of the molecule is CCCCOC(=O)/C(CC)=C(/CC(C)C)C(=O)OCCCC. The summed E-state index contributed by atoms with van der Waals surface area (Å²) in [4.78, 5) is 24.5. The van der Waals surface area contributed by atoms with Crippen molar-refractivity contribution in [3.05, 3.63) is 11.1 Å². The summed E-state index contributed by atoms with van der Waals surface area (Å²) in [5, 5.41) is 0. The number of carbonyl (C=O) groups is 2. The van der Waals surface area contributed by atoms with E-state index in [4.69, 9.17) is 9.47 Å². The topological polar surface area (TPSA) is 52.6 Å². The predicted molar refractivity (Wildman–Crippen MR) is 88.5 cm³/mol. The van der Waals surface area contributed by atoms with Gasteiger partial charge in [-0.1, -0.05) is 47.5 Å². The number of hydrogen-bond acceptors (Lipinski definition) is 4. The maximum Gasteiger partial charge on any atom is 0.334 e. The van der Waals surface area contributed by atoms with Crippen LogP contribution in [-0.2, 0) is 19.1 Å². The van der Waals surface area contributed by atoms with Crippen LogP contribution in [0.5, 0.6) is 0 Å². The third kappa shape index (κ3) is 8.20. The van der Waals surface area contributed by atoms with Crippen molar-refractivity contribution in [3.8, 4) is 0 Å². The molecule has 0 fully saturated rings. The second kappa shape index (κ2) is 12.2. The predicted octanol–water partition coefficient (Wildman–Crippen LogP) is 4.43. The van der Waals surface area contributed by atoms with Gasteiger partial charge in [0.2, 0.25) is 0 Å². The molecule has 0 aromatic rings. The number of rotatable bonds is 11. The van der Waals surface area contributed by atoms with Gasteiger partial charge >= 0.3 is 11.9 Å². The van der Waals surface area contributed by atoms with E-state index >= 15 is 0 Å². The fourth-order valence-electron chi connectivity index (χ4n) is 2.01. The summed E-state index contributed by atoms with van der Waals surface area (Å²) in [6, 6.07) is 0. The van der Waals surface area contributed by atoms with Gasteiger partial charge in [-0.2, -0.15) is 0 Å². The first kappa shape index (κ1) is 20.7. The lowest BCUT2D eigenvalue weighted by Crippen LogP contribution is -2.18. The highest BCUT2D eigenvalue weighted by atomic mass is 16.5. The summed E-state index contributed by atoms with van der Waals surface area (Å²) in [6.45, 7) is 10.8. The van der Waals surface area contributed by atoms with Crippen LogP contribution < -0.4 is 0 Å². The molecule has 0 rings (SSSR count). The van der Waals surface area contributed by atoms with E-state index in [-0.39, 0.29) is 17.9 Å². The maximum atomic E-state index is 12.3. The lowest BCUT2D eigenvalue weighted by Gasteiger charge is -2.15. The van der Waals surface area contributed by atoms with Gasteiger partial charge in [-0.25, -0.2) is 9.59 Å². The van der Waals surface area contributed by atoms with Crippen LogP contribution in [0, 0.1) is 5.92 Å². The van der Waals surface area contributed by atoms with Crippen LogP contribution in [0.3, 0.4) is 0 Å². The number of hydrogen-bond donors (Lipinski definition) is 0. The van der Waals surface area contributed by atoms with E-state index in [2.05, 4.69) is 0 Å². The first-order valence-electron chi connectivity index (χ1n) is 8.54. The molecule has 0 aliphatic heterocycles. The molecular formula is C18H32O4. The molecule has 22 heavy (non-hydrogen) atoms. The molecule has 0 aromatic carbocycles. The van der Waals surface area contributed by atoms with E-state index < -0.39 is 0 Å². The molecule has 0 spiro atoms. The van der Waals surface area contributed by atoms with Crippen molar-refractivity contribution in [2.75, 3.05) is 13.2 Å². The summed E-state index contributed by atoms with van der Waals surface area (Å²) in [5.41, 5.74) is 0.946. The molecule has 0 aromatic heterocycles. The first-order valence-corrected chi connectivity index (χ1v) is 8.54. The van der Waals surface area contributed by atoms with E-state index in [9.17, 15) is 9.59 Å². The maximum absolute atomic E-state index is 12.3. The van der Waals surface area contributed by atoms with Crippen molar-refractivity contribution < 1.29 is 19.1 Å². The molecule has 128 valence electrons. The van der Waals surface area contributed by atoms with E-state index in [0.717, 1.165) is 25.7 Å². The molecule has 0 saturated carbocycles. The molecule has 0 bridgehead atoms. The van der Waals surface area contributed by atoms with Crippen LogP contribution in [0.4, 0.5) is 0 Å². The second-order valence-corrected chi connectivity index (χ2v) is 5.89. The van der Waals surface area contributed by atoms with Crippen LogP contribution >= 0.6 is 0 Å². The second-order valence-electron chi connectivity index (χ2n) is 5.89. The normalized spacial score (nSPS) is 12.1. The molecule has 0 unspecified atom stereocenters. The smallest absolute Gasteiger partial charge is 0.334 e. The monoisotopic (exact) mass is 312 g/mol. The van der Waals surface area contributed by atoms with E-state index in [1.54, 1.807) is 0 Å². The zero-order valence-corrected chi connectivity index (χ0v) is 14.9. The van der Waals surface area contributed by atoms with Crippen molar-refractivity contribution >= 4 is 11.9 Å². The molecule has 0 aliphatic carbocycles. The van der Waals surface area contributed by atoms with Gasteiger partial charge in [0.25, 0.3) is 0 Å². The standard InChI is InChI=1S/C18H32O4/c1-6-9-11-21-17(19)15(8-3)16(13-14(4)5)18(20)22-12-10-7-2/h14H,6-13H2,1-5H3/b16-15-. The van der Waals surface area contributed by atoms with Crippen molar-refractivity contribution in [2.24, 2.45) is 5.92 Å². The van der Waals surface area contributed by atoms with E-state index in [1.807, 2.05) is 34.6 Å². The minimum absolute atomic E-state index is 0.277. The van der Waals surface area contributed by atoms with Gasteiger partial charge in [0.15, 0.2) is 0 Å². The highest BCUT2D eigenvalue weighted by molar-refractivity contribution is 6.00. The van der Waals surface area contributed by atoms with E-state index in [0.29, 0.717) is 37.2 Å². The highest BCUT2D eigenvalue weighted by Gasteiger charge is 2.22. The molecule has 0 heterocycles. The lowest BCUT2D eigenvalue weighted by molar-refractivity contribution is -0.142. The Labute approximate surface area is 135 Å². The third-order valence-electron chi connectivity index (χ3n) is 3.29. The Kier molecular flexibility index (Phi) is 11.5. The van der Waals surface area contributed by atoms with Crippen LogP contribution in [0.15, 0.2) is 11.1 Å². The fourth-order valence-corrected chi connectivity index (χ4v) is 2.01. The van der Waals surface area contributed by atoms with Gasteiger partial charge in [-0.05, 0) is 31.6 Å². The van der Waals surface area contributed by atoms with Crippen LogP contribution in [0.2, 0.25) is 0 Å². The minimum Gasteiger partial charge on any atom is -0.462 e. The first-order chi connectivity index (χ1) is 10.5. The summed E-state index contributed by atoms with van der Waals surface area (Å²) in [6.07, 6.45) is 4.63. The zero-order chi connectivity index (χ0) is 17.0. The minimum atomic E-state index is -0.376. The Hall–Kier alpha value is -1.32. The average molecular weight is 312 g/mol. The van der Waals surface area contributed by atoms with Crippen LogP contribution in [0.25, 0.3) is 0 Å². The Morgan fingerprint density at radius 2 is 1.27 bits per heavy atom. The highest BCUT2D eigenvalue weighted by Crippen LogP contribution is 2.21. The zero-order valence-electron chi connectivity index (χ0n) is 14.9. The molecule has 4 nitrogen and oxygen atoms in total. The number of unbranched alkanes of at least 4 members (excludes halogenated alkanes) is 2. The molecule has 4 heteroatoms. The van der Waals surface area contributed by atoms with Gasteiger partial charge in [-0.3, -0.25) is 0 Å². The fraction of sp³-hybridized carbons (Fsp3) is 0.778. The van der Waals surface area contributed by atoms with Crippen molar-refractivity contribution in [1.29, 1.82) is 0 Å². The Morgan fingerprint density at radius 1 is 0.818 bits per heavy atom. The molecule has 0 atom stereocenters. The Bertz CT molecular complexity index is 369. The summed E-state index contributed by atoms with van der Waals surface area (Å²) < 4.78 is 10.6. The summed E-state index contributed by atoms with van der Waals surface area (Å²) in [7, 11) is 0. The molecule has 0 aliphatic rings. The third-order valence-corrected chi connectivity index (χ3v) is 3.29. The van der Waals surface area contributed by atoms with Crippen LogP contribution in [0.1, 0.15) is 73.1 Å².